The maximum Gasteiger partial charge on any atom is 0.227 e. The first-order chi connectivity index (χ1) is 12.7. The normalized spacial score (nSPS) is 22.8. The number of aryl methyl sites for hydroxylation is 1. The summed E-state index contributed by atoms with van der Waals surface area (Å²) in [7, 11) is 1.65. The number of aromatic nitrogens is 3. The summed E-state index contributed by atoms with van der Waals surface area (Å²) in [6.45, 7) is 4.04. The second kappa shape index (κ2) is 7.19. The predicted octanol–water partition coefficient (Wildman–Crippen LogP) is 2.45. The number of rotatable bonds is 6. The summed E-state index contributed by atoms with van der Waals surface area (Å²) in [6, 6.07) is 8.12. The topological polar surface area (TPSA) is 71.1 Å². The van der Waals surface area contributed by atoms with Crippen LogP contribution >= 0.6 is 0 Å². The van der Waals surface area contributed by atoms with Gasteiger partial charge in [-0.1, -0.05) is 24.3 Å². The number of nitrogens with zero attached hydrogens (tertiary/aromatic N) is 3. The van der Waals surface area contributed by atoms with E-state index < -0.39 is 0 Å². The van der Waals surface area contributed by atoms with Gasteiger partial charge < -0.3 is 9.64 Å². The number of hydrogen-bond donors (Lipinski definition) is 1. The molecular weight excluding hydrogens is 328 g/mol. The zero-order valence-corrected chi connectivity index (χ0v) is 15.4. The zero-order valence-electron chi connectivity index (χ0n) is 15.4. The number of carbonyl (C=O) groups is 1. The molecular formula is C20H26N4O2. The van der Waals surface area contributed by atoms with Crippen LogP contribution in [-0.4, -0.2) is 46.2 Å². The maximum absolute atomic E-state index is 12.9. The number of methoxy groups -OCH3 is 1. The molecule has 2 aromatic rings. The van der Waals surface area contributed by atoms with E-state index in [0.29, 0.717) is 24.9 Å². The van der Waals surface area contributed by atoms with Gasteiger partial charge in [-0.15, -0.1) is 0 Å². The highest BCUT2D eigenvalue weighted by Crippen LogP contribution is 2.47. The second-order valence-electron chi connectivity index (χ2n) is 7.58. The van der Waals surface area contributed by atoms with Crippen LogP contribution in [0.5, 0.6) is 0 Å². The first-order valence-electron chi connectivity index (χ1n) is 9.38. The molecule has 4 rings (SSSR count). The number of H-pyrrole nitrogens is 1. The highest BCUT2D eigenvalue weighted by atomic mass is 16.5. The molecule has 2 heterocycles. The Morgan fingerprint density at radius 1 is 1.31 bits per heavy atom. The molecule has 2 atom stereocenters. The van der Waals surface area contributed by atoms with Crippen molar-refractivity contribution < 1.29 is 9.53 Å². The van der Waals surface area contributed by atoms with Gasteiger partial charge in [-0.25, -0.2) is 4.98 Å². The van der Waals surface area contributed by atoms with Crippen molar-refractivity contribution in [2.45, 2.75) is 38.7 Å². The van der Waals surface area contributed by atoms with E-state index in [0.717, 1.165) is 30.3 Å². The van der Waals surface area contributed by atoms with Gasteiger partial charge >= 0.3 is 0 Å². The zero-order chi connectivity index (χ0) is 18.1. The largest absolute Gasteiger partial charge is 0.377 e. The van der Waals surface area contributed by atoms with Crippen LogP contribution in [0.25, 0.3) is 0 Å². The fraction of sp³-hybridized carbons (Fsp3) is 0.550. The van der Waals surface area contributed by atoms with Crippen molar-refractivity contribution in [2.75, 3.05) is 20.2 Å². The second-order valence-corrected chi connectivity index (χ2v) is 7.58. The summed E-state index contributed by atoms with van der Waals surface area (Å²) >= 11 is 0. The molecule has 2 aliphatic rings. The van der Waals surface area contributed by atoms with Gasteiger partial charge in [-0.2, -0.15) is 5.10 Å². The highest BCUT2D eigenvalue weighted by molar-refractivity contribution is 5.79. The van der Waals surface area contributed by atoms with E-state index in [1.54, 1.807) is 7.11 Å². The Kier molecular flexibility index (Phi) is 4.76. The molecule has 138 valence electrons. The SMILES string of the molecule is COCc1nc([C@H]2CN(C(=O)Cc3ccccc3C)C[C@@H]2C2CC2)n[nH]1. The molecule has 6 nitrogen and oxygen atoms in total. The predicted molar refractivity (Wildman–Crippen MR) is 97.5 cm³/mol. The number of nitrogens with one attached hydrogen (secondary N) is 1. The first kappa shape index (κ1) is 17.2. The molecule has 0 unspecified atom stereocenters. The third-order valence-electron chi connectivity index (χ3n) is 5.71. The third-order valence-corrected chi connectivity index (χ3v) is 5.71. The van der Waals surface area contributed by atoms with Crippen LogP contribution in [0.4, 0.5) is 0 Å². The summed E-state index contributed by atoms with van der Waals surface area (Å²) < 4.78 is 5.13. The molecule has 1 N–H and O–H groups in total. The number of aromatic amines is 1. The van der Waals surface area contributed by atoms with E-state index in [-0.39, 0.29) is 11.8 Å². The molecule has 1 aromatic heterocycles. The number of likely N-dealkylation sites (tertiary alicyclic amines) is 1. The van der Waals surface area contributed by atoms with E-state index in [1.165, 1.54) is 18.4 Å². The van der Waals surface area contributed by atoms with E-state index in [1.807, 2.05) is 23.1 Å². The van der Waals surface area contributed by atoms with Crippen molar-refractivity contribution in [3.63, 3.8) is 0 Å². The van der Waals surface area contributed by atoms with Crippen molar-refractivity contribution in [3.05, 3.63) is 47.0 Å². The monoisotopic (exact) mass is 354 g/mol. The molecule has 1 aromatic carbocycles. The first-order valence-corrected chi connectivity index (χ1v) is 9.38. The van der Waals surface area contributed by atoms with Gasteiger partial charge in [0.2, 0.25) is 5.91 Å². The molecule has 1 saturated carbocycles. The van der Waals surface area contributed by atoms with Crippen LogP contribution in [0.15, 0.2) is 24.3 Å². The van der Waals surface area contributed by atoms with Crippen molar-refractivity contribution in [2.24, 2.45) is 11.8 Å². The lowest BCUT2D eigenvalue weighted by Gasteiger charge is -2.17. The molecule has 0 bridgehead atoms. The van der Waals surface area contributed by atoms with Gasteiger partial charge in [0.25, 0.3) is 0 Å². The highest BCUT2D eigenvalue weighted by Gasteiger charge is 2.45. The van der Waals surface area contributed by atoms with Crippen LogP contribution in [0.2, 0.25) is 0 Å². The summed E-state index contributed by atoms with van der Waals surface area (Å²) in [5.74, 6) is 3.20. The van der Waals surface area contributed by atoms with E-state index >= 15 is 0 Å². The van der Waals surface area contributed by atoms with Gasteiger partial charge in [0.15, 0.2) is 11.6 Å². The van der Waals surface area contributed by atoms with Crippen LogP contribution in [0.1, 0.15) is 41.5 Å². The lowest BCUT2D eigenvalue weighted by Crippen LogP contribution is -2.30. The van der Waals surface area contributed by atoms with Gasteiger partial charge in [0.1, 0.15) is 6.61 Å². The molecule has 1 amide bonds. The van der Waals surface area contributed by atoms with Crippen LogP contribution < -0.4 is 0 Å². The van der Waals surface area contributed by atoms with Crippen molar-refractivity contribution in [3.8, 4) is 0 Å². The van der Waals surface area contributed by atoms with Crippen molar-refractivity contribution in [1.82, 2.24) is 20.1 Å². The lowest BCUT2D eigenvalue weighted by atomic mass is 9.91. The summed E-state index contributed by atoms with van der Waals surface area (Å²) in [5.41, 5.74) is 2.29. The van der Waals surface area contributed by atoms with E-state index in [4.69, 9.17) is 4.74 Å². The smallest absolute Gasteiger partial charge is 0.227 e. The molecule has 0 radical (unpaired) electrons. The van der Waals surface area contributed by atoms with Gasteiger partial charge in [0.05, 0.1) is 6.42 Å². The van der Waals surface area contributed by atoms with Gasteiger partial charge in [-0.05, 0) is 42.7 Å². The number of ether oxygens (including phenoxy) is 1. The fourth-order valence-corrected chi connectivity index (χ4v) is 4.07. The average molecular weight is 354 g/mol. The van der Waals surface area contributed by atoms with Crippen molar-refractivity contribution in [1.29, 1.82) is 0 Å². The van der Waals surface area contributed by atoms with Gasteiger partial charge in [0, 0.05) is 26.1 Å². The van der Waals surface area contributed by atoms with E-state index in [2.05, 4.69) is 28.2 Å². The van der Waals surface area contributed by atoms with Crippen LogP contribution in [0.3, 0.4) is 0 Å². The third kappa shape index (κ3) is 3.51. The number of hydrogen-bond acceptors (Lipinski definition) is 4. The molecule has 1 aliphatic heterocycles. The van der Waals surface area contributed by atoms with Crippen LogP contribution in [0, 0.1) is 18.8 Å². The number of carbonyl (C=O) groups excluding carboxylic acids is 1. The minimum absolute atomic E-state index is 0.208. The Morgan fingerprint density at radius 3 is 2.85 bits per heavy atom. The lowest BCUT2D eigenvalue weighted by molar-refractivity contribution is -0.129. The standard InChI is InChI=1S/C20H26N4O2/c1-13-5-3-4-6-15(13)9-19(25)24-10-16(14-7-8-14)17(11-24)20-21-18(12-26-2)22-23-20/h3-6,14,16-17H,7-12H2,1-2H3,(H,21,22,23)/t16-,17+/m1/s1. The quantitative estimate of drug-likeness (QED) is 0.865. The summed E-state index contributed by atoms with van der Waals surface area (Å²) in [5, 5.41) is 7.38. The molecule has 1 saturated heterocycles. The summed E-state index contributed by atoms with van der Waals surface area (Å²) in [6.07, 6.45) is 2.99. The fourth-order valence-electron chi connectivity index (χ4n) is 4.07. The molecule has 26 heavy (non-hydrogen) atoms. The number of amides is 1. The average Bonchev–Trinajstić information content (AvgIpc) is 3.20. The Hall–Kier alpha value is -2.21. The minimum atomic E-state index is 0.208. The molecule has 1 aliphatic carbocycles. The van der Waals surface area contributed by atoms with Gasteiger partial charge in [-0.3, -0.25) is 9.89 Å². The molecule has 6 heteroatoms. The Labute approximate surface area is 154 Å². The Balaban J connectivity index is 1.48. The molecule has 0 spiro atoms. The minimum Gasteiger partial charge on any atom is -0.377 e. The Morgan fingerprint density at radius 2 is 2.12 bits per heavy atom. The van der Waals surface area contributed by atoms with Crippen LogP contribution in [-0.2, 0) is 22.6 Å². The summed E-state index contributed by atoms with van der Waals surface area (Å²) in [4.78, 5) is 19.5. The van der Waals surface area contributed by atoms with Crippen molar-refractivity contribution >= 4 is 5.91 Å². The number of benzene rings is 1. The van der Waals surface area contributed by atoms with E-state index in [9.17, 15) is 4.79 Å². The Bertz CT molecular complexity index is 784. The molecule has 2 fully saturated rings. The maximum atomic E-state index is 12.9.